The molecule has 0 saturated carbocycles. The smallest absolute Gasteiger partial charge is 0.180 e. The van der Waals surface area contributed by atoms with Gasteiger partial charge < -0.3 is 4.42 Å². The molecule has 5 nitrogen and oxygen atoms in total. The van der Waals surface area contributed by atoms with Gasteiger partial charge in [0.25, 0.3) is 0 Å². The SMILES string of the molecule is CC(C)(C)c1ncc2c(n1)CCN(Cc1cnco1)C2. The molecule has 0 amide bonds. The average molecular weight is 272 g/mol. The molecule has 0 radical (unpaired) electrons. The van der Waals surface area contributed by atoms with Crippen LogP contribution in [0.4, 0.5) is 0 Å². The molecule has 0 N–H and O–H groups in total. The zero-order valence-electron chi connectivity index (χ0n) is 12.3. The molecular formula is C15H20N4O. The molecule has 2 aromatic rings. The Morgan fingerprint density at radius 2 is 2.15 bits per heavy atom. The van der Waals surface area contributed by atoms with E-state index in [0.717, 1.165) is 37.6 Å². The van der Waals surface area contributed by atoms with E-state index in [2.05, 4.69) is 35.6 Å². The lowest BCUT2D eigenvalue weighted by Gasteiger charge is -2.28. The lowest BCUT2D eigenvalue weighted by molar-refractivity contribution is 0.223. The Balaban J connectivity index is 1.75. The third-order valence-electron chi connectivity index (χ3n) is 3.55. The Kier molecular flexibility index (Phi) is 3.30. The van der Waals surface area contributed by atoms with Gasteiger partial charge in [-0.1, -0.05) is 20.8 Å². The summed E-state index contributed by atoms with van der Waals surface area (Å²) in [6.45, 7) is 9.10. The molecule has 0 spiro atoms. The normalized spacial score (nSPS) is 16.1. The topological polar surface area (TPSA) is 55.1 Å². The van der Waals surface area contributed by atoms with Crippen LogP contribution in [-0.2, 0) is 24.9 Å². The number of nitrogens with zero attached hydrogens (tertiary/aromatic N) is 4. The van der Waals surface area contributed by atoms with Crippen LogP contribution in [-0.4, -0.2) is 26.4 Å². The lowest BCUT2D eigenvalue weighted by atomic mass is 9.95. The molecule has 0 bridgehead atoms. The molecule has 106 valence electrons. The van der Waals surface area contributed by atoms with Gasteiger partial charge in [0.1, 0.15) is 11.6 Å². The maximum atomic E-state index is 5.30. The van der Waals surface area contributed by atoms with Crippen molar-refractivity contribution in [3.05, 3.63) is 41.6 Å². The van der Waals surface area contributed by atoms with Gasteiger partial charge in [0.15, 0.2) is 6.39 Å². The van der Waals surface area contributed by atoms with Gasteiger partial charge in [0.2, 0.25) is 0 Å². The van der Waals surface area contributed by atoms with Gasteiger partial charge in [-0.05, 0) is 0 Å². The van der Waals surface area contributed by atoms with Crippen molar-refractivity contribution < 1.29 is 4.42 Å². The summed E-state index contributed by atoms with van der Waals surface area (Å²) in [4.78, 5) is 15.6. The number of fused-ring (bicyclic) bond motifs is 1. The van der Waals surface area contributed by atoms with E-state index in [0.29, 0.717) is 0 Å². The highest BCUT2D eigenvalue weighted by Crippen LogP contribution is 2.23. The summed E-state index contributed by atoms with van der Waals surface area (Å²) in [7, 11) is 0. The van der Waals surface area contributed by atoms with E-state index in [1.165, 1.54) is 17.7 Å². The van der Waals surface area contributed by atoms with Gasteiger partial charge in [0, 0.05) is 42.4 Å². The zero-order valence-corrected chi connectivity index (χ0v) is 12.3. The van der Waals surface area contributed by atoms with Gasteiger partial charge in [-0.15, -0.1) is 0 Å². The van der Waals surface area contributed by atoms with Gasteiger partial charge in [-0.3, -0.25) is 4.90 Å². The lowest BCUT2D eigenvalue weighted by Crippen LogP contribution is -2.31. The summed E-state index contributed by atoms with van der Waals surface area (Å²) in [5.41, 5.74) is 2.42. The molecule has 20 heavy (non-hydrogen) atoms. The second-order valence-corrected chi connectivity index (χ2v) is 6.34. The second kappa shape index (κ2) is 4.98. The van der Waals surface area contributed by atoms with Gasteiger partial charge in [-0.25, -0.2) is 15.0 Å². The Bertz CT molecular complexity index is 586. The molecule has 5 heteroatoms. The fourth-order valence-corrected chi connectivity index (χ4v) is 2.41. The summed E-state index contributed by atoms with van der Waals surface area (Å²) >= 11 is 0. The fourth-order valence-electron chi connectivity index (χ4n) is 2.41. The first kappa shape index (κ1) is 13.2. The van der Waals surface area contributed by atoms with Crippen LogP contribution in [0.25, 0.3) is 0 Å². The third kappa shape index (κ3) is 2.72. The van der Waals surface area contributed by atoms with Crippen LogP contribution in [0.15, 0.2) is 23.2 Å². The van der Waals surface area contributed by atoms with E-state index >= 15 is 0 Å². The van der Waals surface area contributed by atoms with Crippen molar-refractivity contribution in [3.63, 3.8) is 0 Å². The van der Waals surface area contributed by atoms with Crippen LogP contribution in [0.1, 0.15) is 43.6 Å². The van der Waals surface area contributed by atoms with E-state index in [1.807, 2.05) is 6.20 Å². The number of oxazole rings is 1. The van der Waals surface area contributed by atoms with Crippen molar-refractivity contribution in [1.29, 1.82) is 0 Å². The monoisotopic (exact) mass is 272 g/mol. The van der Waals surface area contributed by atoms with Gasteiger partial charge >= 0.3 is 0 Å². The standard InChI is InChI=1S/C15H20N4O/c1-15(2,3)14-17-6-11-8-19(5-4-13(11)18-14)9-12-7-16-10-20-12/h6-7,10H,4-5,8-9H2,1-3H3. The fraction of sp³-hybridized carbons (Fsp3) is 0.533. The molecule has 0 fully saturated rings. The first-order valence-electron chi connectivity index (χ1n) is 6.97. The molecule has 0 saturated heterocycles. The highest BCUT2D eigenvalue weighted by atomic mass is 16.3. The number of rotatable bonds is 2. The Morgan fingerprint density at radius 1 is 1.30 bits per heavy atom. The highest BCUT2D eigenvalue weighted by Gasteiger charge is 2.23. The largest absolute Gasteiger partial charge is 0.447 e. The third-order valence-corrected chi connectivity index (χ3v) is 3.55. The van der Waals surface area contributed by atoms with Crippen molar-refractivity contribution in [2.45, 2.75) is 45.7 Å². The zero-order chi connectivity index (χ0) is 14.2. The molecule has 0 aliphatic carbocycles. The summed E-state index contributed by atoms with van der Waals surface area (Å²) in [6.07, 6.45) is 6.20. The minimum atomic E-state index is 0.00595. The molecule has 0 atom stereocenters. The molecule has 2 aromatic heterocycles. The maximum absolute atomic E-state index is 5.30. The quantitative estimate of drug-likeness (QED) is 0.839. The van der Waals surface area contributed by atoms with Crippen LogP contribution in [0.3, 0.4) is 0 Å². The first-order chi connectivity index (χ1) is 9.52. The molecule has 1 aliphatic rings. The summed E-state index contributed by atoms with van der Waals surface area (Å²) in [5.74, 6) is 1.83. The minimum Gasteiger partial charge on any atom is -0.447 e. The number of aromatic nitrogens is 3. The average Bonchev–Trinajstić information content (AvgIpc) is 2.90. The first-order valence-corrected chi connectivity index (χ1v) is 6.97. The van der Waals surface area contributed by atoms with Gasteiger partial charge in [-0.2, -0.15) is 0 Å². The van der Waals surface area contributed by atoms with E-state index in [4.69, 9.17) is 9.40 Å². The molecular weight excluding hydrogens is 252 g/mol. The van der Waals surface area contributed by atoms with Crippen LogP contribution in [0.5, 0.6) is 0 Å². The summed E-state index contributed by atoms with van der Waals surface area (Å²) in [6, 6.07) is 0. The van der Waals surface area contributed by atoms with Gasteiger partial charge in [0.05, 0.1) is 12.7 Å². The molecule has 0 unspecified atom stereocenters. The number of hydrogen-bond acceptors (Lipinski definition) is 5. The minimum absolute atomic E-state index is 0.00595. The highest BCUT2D eigenvalue weighted by molar-refractivity contribution is 5.22. The van der Waals surface area contributed by atoms with Crippen LogP contribution >= 0.6 is 0 Å². The maximum Gasteiger partial charge on any atom is 0.180 e. The Morgan fingerprint density at radius 3 is 2.85 bits per heavy atom. The van der Waals surface area contributed by atoms with E-state index in [9.17, 15) is 0 Å². The van der Waals surface area contributed by atoms with Crippen molar-refractivity contribution in [2.24, 2.45) is 0 Å². The number of hydrogen-bond donors (Lipinski definition) is 0. The molecule has 0 aromatic carbocycles. The molecule has 3 rings (SSSR count). The predicted molar refractivity (Wildman–Crippen MR) is 75.1 cm³/mol. The molecule has 3 heterocycles. The van der Waals surface area contributed by atoms with Crippen molar-refractivity contribution in [1.82, 2.24) is 19.9 Å². The Labute approximate surface area is 119 Å². The van der Waals surface area contributed by atoms with Crippen molar-refractivity contribution >= 4 is 0 Å². The summed E-state index contributed by atoms with van der Waals surface area (Å²) < 4.78 is 5.30. The van der Waals surface area contributed by atoms with E-state index in [1.54, 1.807) is 6.20 Å². The van der Waals surface area contributed by atoms with Crippen LogP contribution in [0, 0.1) is 0 Å². The van der Waals surface area contributed by atoms with Crippen molar-refractivity contribution in [3.8, 4) is 0 Å². The van der Waals surface area contributed by atoms with Crippen LogP contribution in [0.2, 0.25) is 0 Å². The van der Waals surface area contributed by atoms with Crippen molar-refractivity contribution in [2.75, 3.05) is 6.54 Å². The Hall–Kier alpha value is -1.75. The van der Waals surface area contributed by atoms with Crippen LogP contribution < -0.4 is 0 Å². The van der Waals surface area contributed by atoms with E-state index < -0.39 is 0 Å². The predicted octanol–water partition coefficient (Wildman–Crippen LogP) is 2.32. The summed E-state index contributed by atoms with van der Waals surface area (Å²) in [5, 5.41) is 0. The van der Waals surface area contributed by atoms with E-state index in [-0.39, 0.29) is 5.41 Å². The second-order valence-electron chi connectivity index (χ2n) is 6.34. The molecule has 1 aliphatic heterocycles.